The maximum absolute atomic E-state index is 8.10. The van der Waals surface area contributed by atoms with Crippen LogP contribution < -0.4 is 11.1 Å². The maximum atomic E-state index is 8.10. The van der Waals surface area contributed by atoms with E-state index in [1.54, 1.807) is 6.19 Å². The van der Waals surface area contributed by atoms with Gasteiger partial charge in [0.25, 0.3) is 0 Å². The first kappa shape index (κ1) is 9.50. The normalized spacial score (nSPS) is 11.5. The molecule has 0 amide bonds. The monoisotopic (exact) mass is 152 g/mol. The van der Waals surface area contributed by atoms with Crippen molar-refractivity contribution in [2.45, 2.75) is 13.3 Å². The van der Waals surface area contributed by atoms with Crippen LogP contribution in [0.5, 0.6) is 0 Å². The SMILES string of the molecule is CC/C=C/CN=C(N)NC#N. The van der Waals surface area contributed by atoms with Crippen molar-refractivity contribution in [2.75, 3.05) is 6.54 Å². The van der Waals surface area contributed by atoms with E-state index in [2.05, 4.69) is 10.3 Å². The van der Waals surface area contributed by atoms with Gasteiger partial charge in [0.1, 0.15) is 0 Å². The summed E-state index contributed by atoms with van der Waals surface area (Å²) in [5.74, 6) is 0.160. The molecule has 0 aliphatic carbocycles. The van der Waals surface area contributed by atoms with Gasteiger partial charge in [0.2, 0.25) is 5.96 Å². The predicted molar refractivity (Wildman–Crippen MR) is 44.7 cm³/mol. The Labute approximate surface area is 66.4 Å². The first-order chi connectivity index (χ1) is 5.31. The molecule has 4 heteroatoms. The first-order valence-electron chi connectivity index (χ1n) is 3.41. The molecule has 0 aromatic heterocycles. The molecule has 0 rings (SSSR count). The Morgan fingerprint density at radius 1 is 1.73 bits per heavy atom. The van der Waals surface area contributed by atoms with E-state index in [0.717, 1.165) is 6.42 Å². The van der Waals surface area contributed by atoms with E-state index in [4.69, 9.17) is 11.0 Å². The van der Waals surface area contributed by atoms with E-state index < -0.39 is 0 Å². The summed E-state index contributed by atoms with van der Waals surface area (Å²) in [4.78, 5) is 3.83. The molecule has 3 N–H and O–H groups in total. The number of nitrogens with one attached hydrogen (secondary N) is 1. The predicted octanol–water partition coefficient (Wildman–Crippen LogP) is 0.338. The highest BCUT2D eigenvalue weighted by Crippen LogP contribution is 1.79. The van der Waals surface area contributed by atoms with Gasteiger partial charge in [-0.25, -0.2) is 4.99 Å². The second kappa shape index (κ2) is 6.62. The summed E-state index contributed by atoms with van der Waals surface area (Å²) in [6, 6.07) is 0. The second-order valence-corrected chi connectivity index (χ2v) is 1.84. The molecule has 0 bridgehead atoms. The Balaban J connectivity index is 3.57. The number of aliphatic imine (C=N–C) groups is 1. The zero-order chi connectivity index (χ0) is 8.53. The Kier molecular flexibility index (Phi) is 5.72. The number of nitrogens with two attached hydrogens (primary N) is 1. The molecule has 0 atom stereocenters. The van der Waals surface area contributed by atoms with Crippen LogP contribution in [0.25, 0.3) is 0 Å². The minimum atomic E-state index is 0.160. The molecule has 0 heterocycles. The zero-order valence-electron chi connectivity index (χ0n) is 6.54. The molecular formula is C7H12N4. The van der Waals surface area contributed by atoms with Crippen molar-refractivity contribution >= 4 is 5.96 Å². The van der Waals surface area contributed by atoms with Gasteiger partial charge in [-0.05, 0) is 6.42 Å². The number of allylic oxidation sites excluding steroid dienone is 1. The van der Waals surface area contributed by atoms with E-state index in [1.165, 1.54) is 0 Å². The number of rotatable bonds is 3. The van der Waals surface area contributed by atoms with Gasteiger partial charge in [-0.1, -0.05) is 19.1 Å². The minimum absolute atomic E-state index is 0.160. The fourth-order valence-electron chi connectivity index (χ4n) is 0.489. The smallest absolute Gasteiger partial charge is 0.202 e. The van der Waals surface area contributed by atoms with Crippen molar-refractivity contribution in [3.63, 3.8) is 0 Å². The molecule has 0 aliphatic heterocycles. The van der Waals surface area contributed by atoms with Crippen LogP contribution in [0.3, 0.4) is 0 Å². The van der Waals surface area contributed by atoms with Crippen molar-refractivity contribution in [2.24, 2.45) is 10.7 Å². The van der Waals surface area contributed by atoms with Crippen molar-refractivity contribution < 1.29 is 0 Å². The van der Waals surface area contributed by atoms with Crippen LogP contribution in [-0.2, 0) is 0 Å². The largest absolute Gasteiger partial charge is 0.369 e. The number of hydrogen-bond acceptors (Lipinski definition) is 2. The summed E-state index contributed by atoms with van der Waals surface area (Å²) in [6.07, 6.45) is 6.55. The molecule has 60 valence electrons. The number of hydrogen-bond donors (Lipinski definition) is 2. The van der Waals surface area contributed by atoms with Gasteiger partial charge in [0.05, 0.1) is 6.54 Å². The molecule has 0 saturated carbocycles. The molecule has 0 aliphatic rings. The fourth-order valence-corrected chi connectivity index (χ4v) is 0.489. The molecule has 4 nitrogen and oxygen atoms in total. The maximum Gasteiger partial charge on any atom is 0.202 e. The lowest BCUT2D eigenvalue weighted by atomic mass is 10.4. The number of nitrogens with zero attached hydrogens (tertiary/aromatic N) is 2. The first-order valence-corrected chi connectivity index (χ1v) is 3.41. The van der Waals surface area contributed by atoms with Gasteiger partial charge in [0.15, 0.2) is 6.19 Å². The average Bonchev–Trinajstić information content (AvgIpc) is 1.99. The van der Waals surface area contributed by atoms with E-state index in [9.17, 15) is 0 Å². The van der Waals surface area contributed by atoms with Gasteiger partial charge in [0, 0.05) is 0 Å². The Morgan fingerprint density at radius 2 is 2.45 bits per heavy atom. The van der Waals surface area contributed by atoms with Crippen LogP contribution in [0.15, 0.2) is 17.1 Å². The number of guanidine groups is 1. The Morgan fingerprint density at radius 3 is 3.00 bits per heavy atom. The second-order valence-electron chi connectivity index (χ2n) is 1.84. The van der Waals surface area contributed by atoms with Crippen molar-refractivity contribution in [1.29, 1.82) is 5.26 Å². The summed E-state index contributed by atoms with van der Waals surface area (Å²) in [5, 5.41) is 10.3. The lowest BCUT2D eigenvalue weighted by Gasteiger charge is -1.91. The Bertz CT molecular complexity index is 187. The van der Waals surface area contributed by atoms with E-state index in [1.807, 2.05) is 19.1 Å². The fraction of sp³-hybridized carbons (Fsp3) is 0.429. The van der Waals surface area contributed by atoms with Crippen LogP contribution in [0.1, 0.15) is 13.3 Å². The lowest BCUT2D eigenvalue weighted by molar-refractivity contribution is 1.12. The molecule has 0 fully saturated rings. The highest BCUT2D eigenvalue weighted by molar-refractivity contribution is 5.79. The van der Waals surface area contributed by atoms with Crippen LogP contribution in [-0.4, -0.2) is 12.5 Å². The van der Waals surface area contributed by atoms with Crippen LogP contribution in [0.4, 0.5) is 0 Å². The van der Waals surface area contributed by atoms with Gasteiger partial charge in [-0.2, -0.15) is 5.26 Å². The van der Waals surface area contributed by atoms with E-state index in [-0.39, 0.29) is 5.96 Å². The van der Waals surface area contributed by atoms with Crippen LogP contribution in [0, 0.1) is 11.5 Å². The van der Waals surface area contributed by atoms with Gasteiger partial charge >= 0.3 is 0 Å². The molecular weight excluding hydrogens is 140 g/mol. The quantitative estimate of drug-likeness (QED) is 0.201. The highest BCUT2D eigenvalue weighted by atomic mass is 15.1. The topological polar surface area (TPSA) is 74.2 Å². The molecule has 0 radical (unpaired) electrons. The third-order valence-corrected chi connectivity index (χ3v) is 0.953. The molecule has 0 aromatic carbocycles. The van der Waals surface area contributed by atoms with Gasteiger partial charge < -0.3 is 5.73 Å². The third-order valence-electron chi connectivity index (χ3n) is 0.953. The minimum Gasteiger partial charge on any atom is -0.369 e. The van der Waals surface area contributed by atoms with Gasteiger partial charge in [-0.3, -0.25) is 5.32 Å². The third kappa shape index (κ3) is 6.38. The molecule has 0 unspecified atom stereocenters. The molecule has 11 heavy (non-hydrogen) atoms. The molecule has 0 spiro atoms. The number of nitriles is 1. The van der Waals surface area contributed by atoms with Crippen molar-refractivity contribution in [1.82, 2.24) is 5.32 Å². The van der Waals surface area contributed by atoms with Crippen molar-refractivity contribution in [3.05, 3.63) is 12.2 Å². The standard InChI is InChI=1S/C7H12N4/c1-2-3-4-5-10-7(9)11-6-8/h3-4H,2,5H2,1H3,(H3,9,10,11)/b4-3+. The average molecular weight is 152 g/mol. The summed E-state index contributed by atoms with van der Waals surface area (Å²) >= 11 is 0. The summed E-state index contributed by atoms with van der Waals surface area (Å²) in [5.41, 5.74) is 5.25. The van der Waals surface area contributed by atoms with Crippen molar-refractivity contribution in [3.8, 4) is 6.19 Å². The van der Waals surface area contributed by atoms with E-state index >= 15 is 0 Å². The summed E-state index contributed by atoms with van der Waals surface area (Å²) in [6.45, 7) is 2.56. The van der Waals surface area contributed by atoms with Crippen LogP contribution >= 0.6 is 0 Å². The van der Waals surface area contributed by atoms with Gasteiger partial charge in [-0.15, -0.1) is 0 Å². The van der Waals surface area contributed by atoms with E-state index in [0.29, 0.717) is 6.54 Å². The van der Waals surface area contributed by atoms with Crippen LogP contribution in [0.2, 0.25) is 0 Å². The summed E-state index contributed by atoms with van der Waals surface area (Å²) < 4.78 is 0. The summed E-state index contributed by atoms with van der Waals surface area (Å²) in [7, 11) is 0. The lowest BCUT2D eigenvalue weighted by Crippen LogP contribution is -2.27. The molecule has 0 aromatic rings. The highest BCUT2D eigenvalue weighted by Gasteiger charge is 1.82. The Hall–Kier alpha value is -1.50. The zero-order valence-corrected chi connectivity index (χ0v) is 6.54. The molecule has 0 saturated heterocycles.